The lowest BCUT2D eigenvalue weighted by atomic mass is 10.1. The Bertz CT molecular complexity index is 1330. The molecule has 0 amide bonds. The molecule has 0 radical (unpaired) electrons. The van der Waals surface area contributed by atoms with Crippen LogP contribution < -0.4 is 19.8 Å². The number of carbonyl (C=O) groups excluding carboxylic acids is 1. The first kappa shape index (κ1) is 21.4. The average Bonchev–Trinajstić information content (AvgIpc) is 3.23. The van der Waals surface area contributed by atoms with Crippen LogP contribution in [0.25, 0.3) is 17.0 Å². The van der Waals surface area contributed by atoms with Gasteiger partial charge in [0.25, 0.3) is 11.3 Å². The Balaban J connectivity index is 1.58. The van der Waals surface area contributed by atoms with Crippen molar-refractivity contribution in [2.24, 2.45) is 0 Å². The monoisotopic (exact) mass is 453 g/mol. The Hall–Kier alpha value is -3.86. The van der Waals surface area contributed by atoms with Gasteiger partial charge in [0.1, 0.15) is 5.75 Å². The van der Waals surface area contributed by atoms with Crippen molar-refractivity contribution < 1.29 is 19.0 Å². The molecular formula is C21H19N5O5S. The molecule has 0 fully saturated rings. The van der Waals surface area contributed by atoms with Gasteiger partial charge in [-0.05, 0) is 42.5 Å². The molecule has 2 aromatic heterocycles. The van der Waals surface area contributed by atoms with E-state index in [0.717, 1.165) is 11.8 Å². The largest absolute Gasteiger partial charge is 0.497 e. The maximum absolute atomic E-state index is 12.7. The highest BCUT2D eigenvalue weighted by molar-refractivity contribution is 7.99. The minimum absolute atomic E-state index is 0.0922. The molecule has 164 valence electrons. The predicted molar refractivity (Wildman–Crippen MR) is 118 cm³/mol. The Kier molecular flexibility index (Phi) is 6.08. The van der Waals surface area contributed by atoms with Gasteiger partial charge in [-0.25, -0.2) is 0 Å². The highest BCUT2D eigenvalue weighted by atomic mass is 32.2. The van der Waals surface area contributed by atoms with E-state index in [9.17, 15) is 9.59 Å². The Morgan fingerprint density at radius 3 is 2.44 bits per heavy atom. The number of hydrogen-bond acceptors (Lipinski definition) is 9. The van der Waals surface area contributed by atoms with Crippen LogP contribution in [0.5, 0.6) is 17.2 Å². The van der Waals surface area contributed by atoms with Crippen LogP contribution in [0.3, 0.4) is 0 Å². The Morgan fingerprint density at radius 1 is 1.00 bits per heavy atom. The molecule has 10 nitrogen and oxygen atoms in total. The first-order valence-electron chi connectivity index (χ1n) is 9.42. The third-order valence-corrected chi connectivity index (χ3v) is 5.57. The summed E-state index contributed by atoms with van der Waals surface area (Å²) in [5.74, 6) is 1.83. The van der Waals surface area contributed by atoms with Gasteiger partial charge >= 0.3 is 0 Å². The van der Waals surface area contributed by atoms with Crippen LogP contribution >= 0.6 is 11.8 Å². The third kappa shape index (κ3) is 4.14. The fourth-order valence-electron chi connectivity index (χ4n) is 2.99. The van der Waals surface area contributed by atoms with Crippen molar-refractivity contribution >= 4 is 23.3 Å². The number of H-pyrrole nitrogens is 1. The van der Waals surface area contributed by atoms with Crippen LogP contribution in [-0.2, 0) is 0 Å². The molecular weight excluding hydrogens is 434 g/mol. The van der Waals surface area contributed by atoms with Crippen molar-refractivity contribution in [1.29, 1.82) is 0 Å². The van der Waals surface area contributed by atoms with Gasteiger partial charge in [0.15, 0.2) is 23.0 Å². The number of Topliss-reactive ketones (excluding diaryl/α,β-unsaturated/α-hetero) is 1. The minimum atomic E-state index is -0.395. The maximum Gasteiger partial charge on any atom is 0.279 e. The average molecular weight is 453 g/mol. The first-order chi connectivity index (χ1) is 15.5. The normalized spacial score (nSPS) is 10.8. The molecule has 0 bridgehead atoms. The molecule has 4 aromatic rings. The molecule has 0 spiro atoms. The van der Waals surface area contributed by atoms with Crippen LogP contribution in [0.4, 0.5) is 0 Å². The molecule has 0 atom stereocenters. The SMILES string of the molecule is COc1ccc(-c2nn3c(SCC(=O)c4ccc(OC)c(OC)c4)nnc3[nH]c2=O)cc1. The highest BCUT2D eigenvalue weighted by Gasteiger charge is 2.16. The van der Waals surface area contributed by atoms with Crippen LogP contribution in [-0.4, -0.2) is 57.7 Å². The fourth-order valence-corrected chi connectivity index (χ4v) is 3.77. The van der Waals surface area contributed by atoms with Crippen molar-refractivity contribution in [2.75, 3.05) is 27.1 Å². The highest BCUT2D eigenvalue weighted by Crippen LogP contribution is 2.28. The van der Waals surface area contributed by atoms with Gasteiger partial charge < -0.3 is 14.2 Å². The van der Waals surface area contributed by atoms with E-state index in [2.05, 4.69) is 20.3 Å². The molecule has 4 rings (SSSR count). The lowest BCUT2D eigenvalue weighted by Crippen LogP contribution is -2.15. The molecule has 0 aliphatic heterocycles. The zero-order valence-electron chi connectivity index (χ0n) is 17.5. The minimum Gasteiger partial charge on any atom is -0.497 e. The van der Waals surface area contributed by atoms with Gasteiger partial charge in [0.2, 0.25) is 5.16 Å². The second-order valence-electron chi connectivity index (χ2n) is 6.53. The van der Waals surface area contributed by atoms with Crippen LogP contribution in [0.2, 0.25) is 0 Å². The smallest absolute Gasteiger partial charge is 0.279 e. The summed E-state index contributed by atoms with van der Waals surface area (Å²) in [6, 6.07) is 11.9. The van der Waals surface area contributed by atoms with Crippen LogP contribution in [0.15, 0.2) is 52.4 Å². The number of hydrogen-bond donors (Lipinski definition) is 1. The lowest BCUT2D eigenvalue weighted by Gasteiger charge is -2.08. The van der Waals surface area contributed by atoms with E-state index in [4.69, 9.17) is 14.2 Å². The second-order valence-corrected chi connectivity index (χ2v) is 7.47. The number of ketones is 1. The van der Waals surface area contributed by atoms with E-state index in [1.165, 1.54) is 18.7 Å². The maximum atomic E-state index is 12.7. The third-order valence-electron chi connectivity index (χ3n) is 4.65. The fraction of sp³-hybridized carbons (Fsp3) is 0.190. The summed E-state index contributed by atoms with van der Waals surface area (Å²) in [6.45, 7) is 0. The van der Waals surface area contributed by atoms with Crippen molar-refractivity contribution in [3.8, 4) is 28.5 Å². The number of aromatic amines is 1. The second kappa shape index (κ2) is 9.10. The molecule has 1 N–H and O–H groups in total. The van der Waals surface area contributed by atoms with E-state index >= 15 is 0 Å². The Labute approximate surface area is 186 Å². The van der Waals surface area contributed by atoms with Crippen molar-refractivity contribution in [1.82, 2.24) is 24.8 Å². The topological polar surface area (TPSA) is 121 Å². The summed E-state index contributed by atoms with van der Waals surface area (Å²) in [7, 11) is 4.61. The van der Waals surface area contributed by atoms with E-state index in [0.29, 0.717) is 33.5 Å². The first-order valence-corrected chi connectivity index (χ1v) is 10.4. The van der Waals surface area contributed by atoms with E-state index in [-0.39, 0.29) is 23.0 Å². The van der Waals surface area contributed by atoms with Gasteiger partial charge in [-0.3, -0.25) is 14.6 Å². The van der Waals surface area contributed by atoms with Gasteiger partial charge in [0.05, 0.1) is 27.1 Å². The van der Waals surface area contributed by atoms with Crippen LogP contribution in [0, 0.1) is 0 Å². The van der Waals surface area contributed by atoms with Gasteiger partial charge in [0, 0.05) is 11.1 Å². The molecule has 0 unspecified atom stereocenters. The van der Waals surface area contributed by atoms with Gasteiger partial charge in [-0.2, -0.15) is 9.61 Å². The quantitative estimate of drug-likeness (QED) is 0.317. The van der Waals surface area contributed by atoms with Crippen LogP contribution in [0.1, 0.15) is 10.4 Å². The molecule has 32 heavy (non-hydrogen) atoms. The summed E-state index contributed by atoms with van der Waals surface area (Å²) < 4.78 is 17.0. The number of nitrogens with one attached hydrogen (secondary N) is 1. The summed E-state index contributed by atoms with van der Waals surface area (Å²) in [5.41, 5.74) is 0.894. The molecule has 0 saturated carbocycles. The Morgan fingerprint density at radius 2 is 1.75 bits per heavy atom. The number of carbonyl (C=O) groups is 1. The molecule has 0 aliphatic carbocycles. The summed E-state index contributed by atoms with van der Waals surface area (Å²) in [5, 5.41) is 12.8. The van der Waals surface area contributed by atoms with E-state index < -0.39 is 5.56 Å². The molecule has 0 aliphatic rings. The summed E-state index contributed by atoms with van der Waals surface area (Å²) in [6.07, 6.45) is 0. The number of aromatic nitrogens is 5. The zero-order valence-corrected chi connectivity index (χ0v) is 18.3. The number of benzene rings is 2. The van der Waals surface area contributed by atoms with Gasteiger partial charge in [-0.15, -0.1) is 10.2 Å². The van der Waals surface area contributed by atoms with E-state index in [1.807, 2.05) is 0 Å². The van der Waals surface area contributed by atoms with Crippen molar-refractivity contribution in [3.63, 3.8) is 0 Å². The zero-order chi connectivity index (χ0) is 22.7. The molecule has 0 saturated heterocycles. The number of thioether (sulfide) groups is 1. The molecule has 2 aromatic carbocycles. The number of methoxy groups -OCH3 is 3. The summed E-state index contributed by atoms with van der Waals surface area (Å²) >= 11 is 1.16. The number of fused-ring (bicyclic) bond motifs is 1. The molecule has 2 heterocycles. The van der Waals surface area contributed by atoms with E-state index in [1.54, 1.807) is 49.6 Å². The van der Waals surface area contributed by atoms with Crippen molar-refractivity contribution in [3.05, 3.63) is 58.4 Å². The lowest BCUT2D eigenvalue weighted by molar-refractivity contribution is 0.102. The standard InChI is InChI=1S/C21H19N5O5S/c1-29-14-7-4-12(5-8-14)18-19(28)22-20-23-24-21(26(20)25-18)32-11-15(27)13-6-9-16(30-2)17(10-13)31-3/h4-10H,11H2,1-3H3,(H,22,23,28). The predicted octanol–water partition coefficient (Wildman–Crippen LogP) is 2.48. The number of nitrogens with zero attached hydrogens (tertiary/aromatic N) is 4. The summed E-state index contributed by atoms with van der Waals surface area (Å²) in [4.78, 5) is 27.8. The number of rotatable bonds is 8. The number of ether oxygens (including phenoxy) is 3. The van der Waals surface area contributed by atoms with Crippen molar-refractivity contribution in [2.45, 2.75) is 5.16 Å². The van der Waals surface area contributed by atoms with Gasteiger partial charge in [-0.1, -0.05) is 11.8 Å². The molecule has 11 heteroatoms.